The van der Waals surface area contributed by atoms with Crippen LogP contribution >= 0.6 is 0 Å². The van der Waals surface area contributed by atoms with Crippen molar-refractivity contribution in [2.75, 3.05) is 37.6 Å². The largest absolute Gasteiger partial charge is 0.459 e. The summed E-state index contributed by atoms with van der Waals surface area (Å²) in [5.74, 6) is -3.58. The fourth-order valence-electron chi connectivity index (χ4n) is 4.42. The van der Waals surface area contributed by atoms with E-state index in [-0.39, 0.29) is 42.2 Å². The number of halogens is 1. The highest BCUT2D eigenvalue weighted by Gasteiger charge is 2.45. The van der Waals surface area contributed by atoms with Crippen molar-refractivity contribution in [3.05, 3.63) is 29.1 Å². The van der Waals surface area contributed by atoms with E-state index < -0.39 is 41.1 Å². The normalized spacial score (nSPS) is 21.6. The lowest BCUT2D eigenvalue weighted by Crippen LogP contribution is -2.54. The van der Waals surface area contributed by atoms with E-state index in [1.807, 2.05) is 4.90 Å². The third kappa shape index (κ3) is 4.65. The Morgan fingerprint density at radius 2 is 1.68 bits per heavy atom. The molecule has 1 N–H and O–H groups in total. The number of anilines is 1. The van der Waals surface area contributed by atoms with Crippen LogP contribution in [0.1, 0.15) is 54.3 Å². The summed E-state index contributed by atoms with van der Waals surface area (Å²) >= 11 is 0. The summed E-state index contributed by atoms with van der Waals surface area (Å²) in [6, 6.07) is 1.28. The Bertz CT molecular complexity index is 1070. The van der Waals surface area contributed by atoms with Crippen molar-refractivity contribution < 1.29 is 33.1 Å². The minimum atomic E-state index is -1.10. The fourth-order valence-corrected chi connectivity index (χ4v) is 4.42. The van der Waals surface area contributed by atoms with Crippen molar-refractivity contribution in [2.45, 2.75) is 45.3 Å². The predicted molar refractivity (Wildman–Crippen MR) is 118 cm³/mol. The van der Waals surface area contributed by atoms with Crippen molar-refractivity contribution in [3.63, 3.8) is 0 Å². The summed E-state index contributed by atoms with van der Waals surface area (Å²) in [4.78, 5) is 66.0. The average Bonchev–Trinajstić information content (AvgIpc) is 2.96. The average molecular weight is 474 g/mol. The molecule has 2 saturated heterocycles. The molecule has 0 saturated carbocycles. The lowest BCUT2D eigenvalue weighted by atomic mass is 10.0. The number of rotatable bonds is 4. The zero-order valence-electron chi connectivity index (χ0n) is 19.4. The Morgan fingerprint density at radius 3 is 2.26 bits per heavy atom. The molecule has 0 radical (unpaired) electrons. The van der Waals surface area contributed by atoms with Gasteiger partial charge in [0, 0.05) is 32.6 Å². The lowest BCUT2D eigenvalue weighted by Gasteiger charge is -2.36. The number of nitrogens with zero attached hydrogens (tertiary/aromatic N) is 3. The van der Waals surface area contributed by atoms with E-state index in [1.54, 1.807) is 25.7 Å². The number of carbonyl (C=O) groups is 5. The molecule has 3 heterocycles. The van der Waals surface area contributed by atoms with Crippen molar-refractivity contribution in [3.8, 4) is 0 Å². The van der Waals surface area contributed by atoms with Crippen molar-refractivity contribution in [2.24, 2.45) is 0 Å². The third-order valence-electron chi connectivity index (χ3n) is 5.99. The van der Waals surface area contributed by atoms with E-state index in [1.165, 1.54) is 6.07 Å². The summed E-state index contributed by atoms with van der Waals surface area (Å²) in [7, 11) is 0. The van der Waals surface area contributed by atoms with Crippen LogP contribution in [0.2, 0.25) is 0 Å². The van der Waals surface area contributed by atoms with Crippen molar-refractivity contribution in [1.29, 1.82) is 0 Å². The van der Waals surface area contributed by atoms with Crippen LogP contribution in [0.5, 0.6) is 0 Å². The van der Waals surface area contributed by atoms with Gasteiger partial charge in [0.05, 0.1) is 23.4 Å². The second kappa shape index (κ2) is 8.79. The Hall–Kier alpha value is -3.34. The Kier molecular flexibility index (Phi) is 6.15. The molecular weight excluding hydrogens is 447 g/mol. The number of hydrogen-bond acceptors (Lipinski definition) is 8. The molecule has 1 aromatic carbocycles. The quantitative estimate of drug-likeness (QED) is 0.501. The van der Waals surface area contributed by atoms with Crippen LogP contribution in [0.3, 0.4) is 0 Å². The number of piperazine rings is 1. The van der Waals surface area contributed by atoms with Crippen molar-refractivity contribution >= 4 is 35.3 Å². The van der Waals surface area contributed by atoms with Crippen LogP contribution in [0.25, 0.3) is 0 Å². The second-order valence-corrected chi connectivity index (χ2v) is 9.65. The molecule has 182 valence electrons. The van der Waals surface area contributed by atoms with Crippen LogP contribution < -0.4 is 10.2 Å². The van der Waals surface area contributed by atoms with Gasteiger partial charge in [0.1, 0.15) is 17.5 Å². The number of benzene rings is 1. The standard InChI is InChI=1S/C23H27FN4O6/c1-23(2,3)34-19(30)12-26-6-8-27(9-7-26)17-11-14-13(10-15(17)24)21(32)28(22(14)33)16-4-5-18(29)25-20(16)31/h10-11,16H,4-9,12H2,1-3H3,(H,25,29,31). The smallest absolute Gasteiger partial charge is 0.320 e. The van der Waals surface area contributed by atoms with E-state index in [4.69, 9.17) is 4.74 Å². The number of fused-ring (bicyclic) bond motifs is 1. The molecule has 0 aliphatic carbocycles. The molecule has 1 unspecified atom stereocenters. The summed E-state index contributed by atoms with van der Waals surface area (Å²) < 4.78 is 20.3. The molecule has 1 aromatic rings. The van der Waals surface area contributed by atoms with Gasteiger partial charge < -0.3 is 9.64 Å². The van der Waals surface area contributed by atoms with Gasteiger partial charge in [0.15, 0.2) is 0 Å². The Labute approximate surface area is 196 Å². The van der Waals surface area contributed by atoms with E-state index in [9.17, 15) is 28.4 Å². The van der Waals surface area contributed by atoms with Gasteiger partial charge in [-0.25, -0.2) is 4.39 Å². The fraction of sp³-hybridized carbons (Fsp3) is 0.522. The van der Waals surface area contributed by atoms with Crippen LogP contribution in [-0.4, -0.2) is 83.8 Å². The van der Waals surface area contributed by atoms with Gasteiger partial charge in [-0.15, -0.1) is 0 Å². The van der Waals surface area contributed by atoms with Crippen LogP contribution in [-0.2, 0) is 19.1 Å². The predicted octanol–water partition coefficient (Wildman–Crippen LogP) is 0.691. The molecule has 0 bridgehead atoms. The van der Waals surface area contributed by atoms with E-state index in [0.29, 0.717) is 26.2 Å². The lowest BCUT2D eigenvalue weighted by molar-refractivity contribution is -0.156. The first-order valence-corrected chi connectivity index (χ1v) is 11.2. The number of carbonyl (C=O) groups excluding carboxylic acids is 5. The molecule has 10 nitrogen and oxygen atoms in total. The van der Waals surface area contributed by atoms with Crippen LogP contribution in [0, 0.1) is 5.82 Å². The van der Waals surface area contributed by atoms with Gasteiger partial charge in [-0.3, -0.25) is 39.1 Å². The zero-order valence-corrected chi connectivity index (χ0v) is 19.4. The highest BCUT2D eigenvalue weighted by molar-refractivity contribution is 6.23. The summed E-state index contributed by atoms with van der Waals surface area (Å²) in [6.45, 7) is 7.34. The second-order valence-electron chi connectivity index (χ2n) is 9.65. The number of ether oxygens (including phenoxy) is 1. The Morgan fingerprint density at radius 1 is 1.06 bits per heavy atom. The molecule has 0 aromatic heterocycles. The molecule has 0 spiro atoms. The maximum atomic E-state index is 15.0. The first kappa shape index (κ1) is 23.8. The zero-order chi connectivity index (χ0) is 24.8. The molecule has 4 rings (SSSR count). The number of imide groups is 2. The molecule has 1 atom stereocenters. The molecule has 3 aliphatic heterocycles. The summed E-state index contributed by atoms with van der Waals surface area (Å²) in [5, 5.41) is 2.13. The minimum Gasteiger partial charge on any atom is -0.459 e. The van der Waals surface area contributed by atoms with Gasteiger partial charge in [-0.05, 0) is 39.3 Å². The molecule has 11 heteroatoms. The topological polar surface area (TPSA) is 116 Å². The van der Waals surface area contributed by atoms with Gasteiger partial charge in [-0.1, -0.05) is 0 Å². The van der Waals surface area contributed by atoms with Gasteiger partial charge >= 0.3 is 5.97 Å². The number of esters is 1. The molecule has 4 amide bonds. The maximum Gasteiger partial charge on any atom is 0.320 e. The van der Waals surface area contributed by atoms with E-state index >= 15 is 0 Å². The minimum absolute atomic E-state index is 0.0109. The van der Waals surface area contributed by atoms with Gasteiger partial charge in [0.25, 0.3) is 11.8 Å². The summed E-state index contributed by atoms with van der Waals surface area (Å²) in [6.07, 6.45) is 0.0437. The SMILES string of the molecule is CC(C)(C)OC(=O)CN1CCN(c2cc3c(cc2F)C(=O)N(C2CCC(=O)NC2=O)C3=O)CC1. The van der Waals surface area contributed by atoms with Crippen molar-refractivity contribution in [1.82, 2.24) is 15.1 Å². The van der Waals surface area contributed by atoms with E-state index in [0.717, 1.165) is 11.0 Å². The monoisotopic (exact) mass is 474 g/mol. The van der Waals surface area contributed by atoms with Gasteiger partial charge in [-0.2, -0.15) is 0 Å². The number of nitrogens with one attached hydrogen (secondary N) is 1. The van der Waals surface area contributed by atoms with Gasteiger partial charge in [0.2, 0.25) is 11.8 Å². The first-order valence-electron chi connectivity index (χ1n) is 11.2. The number of amides is 4. The summed E-state index contributed by atoms with van der Waals surface area (Å²) in [5.41, 5.74) is -0.457. The molecule has 34 heavy (non-hydrogen) atoms. The molecule has 2 fully saturated rings. The molecule has 3 aliphatic rings. The number of piperidine rings is 1. The van der Waals surface area contributed by atoms with Crippen LogP contribution in [0.15, 0.2) is 12.1 Å². The Balaban J connectivity index is 1.46. The first-order chi connectivity index (χ1) is 15.9. The number of hydrogen-bond donors (Lipinski definition) is 1. The van der Waals surface area contributed by atoms with E-state index in [2.05, 4.69) is 5.32 Å². The highest BCUT2D eigenvalue weighted by atomic mass is 19.1. The highest BCUT2D eigenvalue weighted by Crippen LogP contribution is 2.33. The maximum absolute atomic E-state index is 15.0. The van der Waals surface area contributed by atoms with Crippen LogP contribution in [0.4, 0.5) is 10.1 Å². The molecular formula is C23H27FN4O6. The third-order valence-corrected chi connectivity index (χ3v) is 5.99.